The molecule has 3 heterocycles. The Morgan fingerprint density at radius 1 is 1.24 bits per heavy atom. The maximum absolute atomic E-state index is 12.9. The number of likely N-dealkylation sites (tertiary alicyclic amines) is 1. The van der Waals surface area contributed by atoms with Gasteiger partial charge in [0, 0.05) is 30.9 Å². The molecule has 29 heavy (non-hydrogen) atoms. The SMILES string of the molecule is Cn1nc(C(F)F)cc1C(=O)N1CCC(c2ccccc2)(c2csc(N)n2)CC1. The minimum atomic E-state index is -2.70. The fourth-order valence-corrected chi connectivity index (χ4v) is 4.67. The predicted octanol–water partition coefficient (Wildman–Crippen LogP) is 3.62. The van der Waals surface area contributed by atoms with Crippen molar-refractivity contribution in [2.24, 2.45) is 7.05 Å². The van der Waals surface area contributed by atoms with Gasteiger partial charge in [-0.1, -0.05) is 30.3 Å². The first-order chi connectivity index (χ1) is 13.9. The molecule has 1 aromatic carbocycles. The van der Waals surface area contributed by atoms with Crippen molar-refractivity contribution in [1.82, 2.24) is 19.7 Å². The first kappa shape index (κ1) is 19.5. The summed E-state index contributed by atoms with van der Waals surface area (Å²) in [6.07, 6.45) is -1.36. The fourth-order valence-electron chi connectivity index (χ4n) is 4.01. The quantitative estimate of drug-likeness (QED) is 0.703. The topological polar surface area (TPSA) is 77.0 Å². The van der Waals surface area contributed by atoms with Crippen molar-refractivity contribution in [3.05, 3.63) is 64.4 Å². The number of carbonyl (C=O) groups is 1. The summed E-state index contributed by atoms with van der Waals surface area (Å²) < 4.78 is 27.1. The van der Waals surface area contributed by atoms with Crippen LogP contribution in [0.3, 0.4) is 0 Å². The van der Waals surface area contributed by atoms with E-state index in [4.69, 9.17) is 5.73 Å². The van der Waals surface area contributed by atoms with Crippen molar-refractivity contribution in [3.63, 3.8) is 0 Å². The summed E-state index contributed by atoms with van der Waals surface area (Å²) in [5, 5.41) is 6.25. The number of benzene rings is 1. The van der Waals surface area contributed by atoms with Gasteiger partial charge in [-0.2, -0.15) is 5.10 Å². The van der Waals surface area contributed by atoms with Crippen LogP contribution in [0, 0.1) is 0 Å². The van der Waals surface area contributed by atoms with Crippen molar-refractivity contribution >= 4 is 22.4 Å². The highest BCUT2D eigenvalue weighted by Gasteiger charge is 2.41. The van der Waals surface area contributed by atoms with Crippen LogP contribution in [-0.4, -0.2) is 38.7 Å². The van der Waals surface area contributed by atoms with Crippen molar-refractivity contribution in [1.29, 1.82) is 0 Å². The average molecular weight is 417 g/mol. The maximum Gasteiger partial charge on any atom is 0.282 e. The van der Waals surface area contributed by atoms with Crippen LogP contribution < -0.4 is 5.73 Å². The number of alkyl halides is 2. The second-order valence-corrected chi connectivity index (χ2v) is 8.08. The highest BCUT2D eigenvalue weighted by molar-refractivity contribution is 7.13. The summed E-state index contributed by atoms with van der Waals surface area (Å²) in [5.74, 6) is -0.286. The molecule has 1 aliphatic rings. The standard InChI is InChI=1S/C20H21F2N5OS/c1-26-15(11-14(25-26)17(21)22)18(28)27-9-7-20(8-10-27,13-5-3-2-4-6-13)16-12-29-19(23)24-16/h2-6,11-12,17H,7-10H2,1H3,(H2,23,24). The van der Waals surface area contributed by atoms with Crippen LogP contribution in [0.25, 0.3) is 0 Å². The van der Waals surface area contributed by atoms with Crippen molar-refractivity contribution in [3.8, 4) is 0 Å². The van der Waals surface area contributed by atoms with E-state index in [0.29, 0.717) is 31.1 Å². The number of carbonyl (C=O) groups excluding carboxylic acids is 1. The molecule has 0 unspecified atom stereocenters. The van der Waals surface area contributed by atoms with Gasteiger partial charge in [-0.15, -0.1) is 11.3 Å². The molecule has 0 bridgehead atoms. The number of amides is 1. The van der Waals surface area contributed by atoms with Crippen LogP contribution in [0.5, 0.6) is 0 Å². The van der Waals surface area contributed by atoms with Crippen LogP contribution >= 0.6 is 11.3 Å². The minimum Gasteiger partial charge on any atom is -0.375 e. The summed E-state index contributed by atoms with van der Waals surface area (Å²) in [6.45, 7) is 0.973. The monoisotopic (exact) mass is 417 g/mol. The van der Waals surface area contributed by atoms with Crippen molar-refractivity contribution < 1.29 is 13.6 Å². The summed E-state index contributed by atoms with van der Waals surface area (Å²) in [4.78, 5) is 19.2. The maximum atomic E-state index is 12.9. The van der Waals surface area contributed by atoms with Crippen LogP contribution in [0.1, 0.15) is 46.7 Å². The zero-order valence-electron chi connectivity index (χ0n) is 15.9. The average Bonchev–Trinajstić information content (AvgIpc) is 3.34. The molecule has 0 radical (unpaired) electrons. The number of nitrogens with two attached hydrogens (primary N) is 1. The first-order valence-electron chi connectivity index (χ1n) is 9.29. The van der Waals surface area contributed by atoms with E-state index < -0.39 is 6.43 Å². The lowest BCUT2D eigenvalue weighted by atomic mass is 9.70. The highest BCUT2D eigenvalue weighted by atomic mass is 32.1. The third-order valence-electron chi connectivity index (χ3n) is 5.58. The Hall–Kier alpha value is -2.81. The molecule has 0 aliphatic carbocycles. The van der Waals surface area contributed by atoms with E-state index in [1.165, 1.54) is 29.1 Å². The van der Waals surface area contributed by atoms with Gasteiger partial charge in [0.1, 0.15) is 11.4 Å². The number of nitrogens with zero attached hydrogens (tertiary/aromatic N) is 4. The van der Waals surface area contributed by atoms with Gasteiger partial charge in [-0.05, 0) is 24.5 Å². The normalized spacial score (nSPS) is 16.3. The molecule has 9 heteroatoms. The third-order valence-corrected chi connectivity index (χ3v) is 6.26. The van der Waals surface area contributed by atoms with Crippen LogP contribution in [0.4, 0.5) is 13.9 Å². The lowest BCUT2D eigenvalue weighted by Gasteiger charge is -2.41. The molecule has 1 fully saturated rings. The molecule has 152 valence electrons. The van der Waals surface area contributed by atoms with Gasteiger partial charge in [0.15, 0.2) is 5.13 Å². The molecule has 0 spiro atoms. The molecule has 2 N–H and O–H groups in total. The lowest BCUT2D eigenvalue weighted by molar-refractivity contribution is 0.0673. The zero-order valence-corrected chi connectivity index (χ0v) is 16.7. The van der Waals surface area contributed by atoms with Gasteiger partial charge < -0.3 is 10.6 Å². The van der Waals surface area contributed by atoms with Gasteiger partial charge in [0.2, 0.25) is 0 Å². The van der Waals surface area contributed by atoms with E-state index in [2.05, 4.69) is 22.2 Å². The summed E-state index contributed by atoms with van der Waals surface area (Å²) in [5.41, 5.74) is 7.40. The summed E-state index contributed by atoms with van der Waals surface area (Å²) in [7, 11) is 1.51. The van der Waals surface area contributed by atoms with E-state index in [-0.39, 0.29) is 22.7 Å². The number of halogens is 2. The lowest BCUT2D eigenvalue weighted by Crippen LogP contribution is -2.46. The van der Waals surface area contributed by atoms with Crippen LogP contribution in [-0.2, 0) is 12.5 Å². The van der Waals surface area contributed by atoms with E-state index >= 15 is 0 Å². The molecule has 1 amide bonds. The second-order valence-electron chi connectivity index (χ2n) is 7.19. The van der Waals surface area contributed by atoms with E-state index in [1.807, 2.05) is 23.6 Å². The Morgan fingerprint density at radius 2 is 1.93 bits per heavy atom. The zero-order chi connectivity index (χ0) is 20.6. The Labute approximate surface area is 171 Å². The van der Waals surface area contributed by atoms with E-state index in [9.17, 15) is 13.6 Å². The third kappa shape index (κ3) is 3.50. The van der Waals surface area contributed by atoms with Crippen LogP contribution in [0.15, 0.2) is 41.8 Å². The minimum absolute atomic E-state index is 0.172. The second kappa shape index (κ2) is 7.55. The number of hydrogen-bond donors (Lipinski definition) is 1. The Bertz CT molecular complexity index is 1010. The Kier molecular flexibility index (Phi) is 5.08. The largest absolute Gasteiger partial charge is 0.375 e. The Morgan fingerprint density at radius 3 is 2.48 bits per heavy atom. The number of aromatic nitrogens is 3. The predicted molar refractivity (Wildman–Crippen MR) is 107 cm³/mol. The smallest absolute Gasteiger partial charge is 0.282 e. The van der Waals surface area contributed by atoms with E-state index in [1.54, 1.807) is 4.90 Å². The number of anilines is 1. The van der Waals surface area contributed by atoms with Gasteiger partial charge in [-0.3, -0.25) is 9.48 Å². The Balaban J connectivity index is 1.60. The van der Waals surface area contributed by atoms with E-state index in [0.717, 1.165) is 11.3 Å². The molecular formula is C20H21F2N5OS. The van der Waals surface area contributed by atoms with Crippen molar-refractivity contribution in [2.45, 2.75) is 24.7 Å². The van der Waals surface area contributed by atoms with Gasteiger partial charge in [0.05, 0.1) is 5.69 Å². The summed E-state index contributed by atoms with van der Waals surface area (Å²) >= 11 is 1.41. The van der Waals surface area contributed by atoms with Crippen LogP contribution in [0.2, 0.25) is 0 Å². The number of aryl methyl sites for hydroxylation is 1. The van der Waals surface area contributed by atoms with Gasteiger partial charge >= 0.3 is 0 Å². The number of piperidine rings is 1. The molecule has 0 saturated carbocycles. The number of rotatable bonds is 4. The molecule has 4 rings (SSSR count). The molecule has 6 nitrogen and oxygen atoms in total. The fraction of sp³-hybridized carbons (Fsp3) is 0.350. The molecular weight excluding hydrogens is 396 g/mol. The molecule has 1 aliphatic heterocycles. The van der Waals surface area contributed by atoms with Gasteiger partial charge in [0.25, 0.3) is 12.3 Å². The number of thiazole rings is 1. The first-order valence-corrected chi connectivity index (χ1v) is 10.2. The highest BCUT2D eigenvalue weighted by Crippen LogP contribution is 2.42. The van der Waals surface area contributed by atoms with Crippen molar-refractivity contribution in [2.75, 3.05) is 18.8 Å². The molecule has 3 aromatic rings. The van der Waals surface area contributed by atoms with Gasteiger partial charge in [-0.25, -0.2) is 13.8 Å². The number of nitrogen functional groups attached to an aromatic ring is 1. The molecule has 1 saturated heterocycles. The molecule has 0 atom stereocenters. The summed E-state index contributed by atoms with van der Waals surface area (Å²) in [6, 6.07) is 11.3. The molecule has 2 aromatic heterocycles. The number of hydrogen-bond acceptors (Lipinski definition) is 5.